The van der Waals surface area contributed by atoms with Crippen molar-refractivity contribution < 1.29 is 22.8 Å². The van der Waals surface area contributed by atoms with Crippen molar-refractivity contribution in [1.82, 2.24) is 10.0 Å². The molecular formula is C9H7F3N2O2S. The van der Waals surface area contributed by atoms with E-state index < -0.39 is 29.4 Å². The summed E-state index contributed by atoms with van der Waals surface area (Å²) < 4.78 is 36.6. The van der Waals surface area contributed by atoms with Gasteiger partial charge in [-0.15, -0.1) is 0 Å². The Morgan fingerprint density at radius 1 is 1.12 bits per heavy atom. The highest BCUT2D eigenvalue weighted by atomic mass is 32.2. The quantitative estimate of drug-likeness (QED) is 0.806. The van der Waals surface area contributed by atoms with Crippen molar-refractivity contribution in [3.05, 3.63) is 35.9 Å². The van der Waals surface area contributed by atoms with Gasteiger partial charge in [0.15, 0.2) is 0 Å². The number of amides is 3. The summed E-state index contributed by atoms with van der Waals surface area (Å²) in [6.45, 7) is 0. The smallest absolute Gasteiger partial charge is 0.274 e. The van der Waals surface area contributed by atoms with E-state index in [1.54, 1.807) is 23.5 Å². The van der Waals surface area contributed by atoms with E-state index in [0.29, 0.717) is 0 Å². The fourth-order valence-corrected chi connectivity index (χ4v) is 1.15. The number of benzene rings is 1. The summed E-state index contributed by atoms with van der Waals surface area (Å²) in [5.41, 5.74) is -4.41. The summed E-state index contributed by atoms with van der Waals surface area (Å²) in [6.07, 6.45) is 0. The molecular weight excluding hydrogens is 257 g/mol. The number of hydrogen-bond acceptors (Lipinski definition) is 3. The number of hydrogen-bond donors (Lipinski definition) is 2. The molecule has 8 heteroatoms. The number of nitrogens with one attached hydrogen (secondary N) is 2. The van der Waals surface area contributed by atoms with Crippen molar-refractivity contribution in [2.75, 3.05) is 0 Å². The van der Waals surface area contributed by atoms with Gasteiger partial charge in [0, 0.05) is 5.56 Å². The summed E-state index contributed by atoms with van der Waals surface area (Å²) in [4.78, 5) is 22.2. The van der Waals surface area contributed by atoms with Crippen LogP contribution in [0.5, 0.6) is 0 Å². The Morgan fingerprint density at radius 2 is 1.71 bits per heavy atom. The average Bonchev–Trinajstić information content (AvgIpc) is 2.27. The fourth-order valence-electron chi connectivity index (χ4n) is 0.895. The molecule has 0 atom stereocenters. The summed E-state index contributed by atoms with van der Waals surface area (Å²) in [6, 6.07) is 6.44. The number of alkyl halides is 3. The standard InChI is InChI=1S/C9H7F3N2O2S/c10-9(11,12)17-14-8(16)13-7(15)6-4-2-1-3-5-6/h1-5H,(H2,13,14,15,16). The number of halogens is 3. The number of imide groups is 1. The molecule has 0 heterocycles. The maximum absolute atomic E-state index is 11.7. The van der Waals surface area contributed by atoms with Crippen LogP contribution in [0.1, 0.15) is 10.4 Å². The van der Waals surface area contributed by atoms with E-state index in [2.05, 4.69) is 0 Å². The van der Waals surface area contributed by atoms with E-state index in [-0.39, 0.29) is 5.56 Å². The molecule has 0 fully saturated rings. The highest BCUT2D eigenvalue weighted by Crippen LogP contribution is 2.26. The van der Waals surface area contributed by atoms with Gasteiger partial charge in [0.2, 0.25) is 0 Å². The van der Waals surface area contributed by atoms with E-state index in [4.69, 9.17) is 0 Å². The second-order valence-corrected chi connectivity index (χ2v) is 3.67. The second kappa shape index (κ2) is 5.58. The molecule has 0 saturated heterocycles. The lowest BCUT2D eigenvalue weighted by molar-refractivity contribution is -0.0334. The van der Waals surface area contributed by atoms with Gasteiger partial charge in [-0.05, 0) is 12.1 Å². The molecule has 2 N–H and O–H groups in total. The van der Waals surface area contributed by atoms with Gasteiger partial charge in [0.25, 0.3) is 5.91 Å². The number of rotatable bonds is 2. The maximum Gasteiger partial charge on any atom is 0.461 e. The van der Waals surface area contributed by atoms with Crippen LogP contribution in [0.15, 0.2) is 30.3 Å². The molecule has 3 amide bonds. The predicted molar refractivity (Wildman–Crippen MR) is 56.1 cm³/mol. The number of carbonyl (C=O) groups is 2. The van der Waals surface area contributed by atoms with E-state index in [9.17, 15) is 22.8 Å². The minimum Gasteiger partial charge on any atom is -0.274 e. The van der Waals surface area contributed by atoms with Crippen molar-refractivity contribution in [1.29, 1.82) is 0 Å². The summed E-state index contributed by atoms with van der Waals surface area (Å²) >= 11 is -0.735. The zero-order valence-corrected chi connectivity index (χ0v) is 9.06. The maximum atomic E-state index is 11.7. The van der Waals surface area contributed by atoms with Gasteiger partial charge >= 0.3 is 11.5 Å². The van der Waals surface area contributed by atoms with E-state index in [0.717, 1.165) is 0 Å². The predicted octanol–water partition coefficient (Wildman–Crippen LogP) is 2.29. The van der Waals surface area contributed by atoms with Gasteiger partial charge in [-0.1, -0.05) is 18.2 Å². The van der Waals surface area contributed by atoms with Gasteiger partial charge < -0.3 is 0 Å². The molecule has 0 radical (unpaired) electrons. The average molecular weight is 264 g/mol. The van der Waals surface area contributed by atoms with Crippen LogP contribution in [-0.4, -0.2) is 17.4 Å². The van der Waals surface area contributed by atoms with E-state index >= 15 is 0 Å². The highest BCUT2D eigenvalue weighted by molar-refractivity contribution is 7.98. The highest BCUT2D eigenvalue weighted by Gasteiger charge is 2.30. The lowest BCUT2D eigenvalue weighted by Crippen LogP contribution is -2.37. The SMILES string of the molecule is O=C(NSC(F)(F)F)NC(=O)c1ccccc1. The summed E-state index contributed by atoms with van der Waals surface area (Å²) in [7, 11) is 0. The molecule has 0 aliphatic rings. The molecule has 1 aromatic rings. The molecule has 4 nitrogen and oxygen atoms in total. The molecule has 0 aliphatic carbocycles. The van der Waals surface area contributed by atoms with E-state index in [1.807, 2.05) is 0 Å². The third-order valence-electron chi connectivity index (χ3n) is 1.52. The van der Waals surface area contributed by atoms with Crippen molar-refractivity contribution in [3.63, 3.8) is 0 Å². The fraction of sp³-hybridized carbons (Fsp3) is 0.111. The van der Waals surface area contributed by atoms with Crippen LogP contribution in [0.3, 0.4) is 0 Å². The molecule has 0 aromatic heterocycles. The molecule has 1 rings (SSSR count). The Bertz CT molecular complexity index is 408. The molecule has 0 saturated carbocycles. The van der Waals surface area contributed by atoms with Crippen LogP contribution in [0.4, 0.5) is 18.0 Å². The molecule has 0 bridgehead atoms. The normalized spacial score (nSPS) is 10.8. The summed E-state index contributed by atoms with van der Waals surface area (Å²) in [5.74, 6) is -0.772. The monoisotopic (exact) mass is 264 g/mol. The Kier molecular flexibility index (Phi) is 4.38. The second-order valence-electron chi connectivity index (χ2n) is 2.80. The number of carbonyl (C=O) groups excluding carboxylic acids is 2. The Balaban J connectivity index is 2.45. The van der Waals surface area contributed by atoms with Crippen LogP contribution in [-0.2, 0) is 0 Å². The minimum atomic E-state index is -4.59. The summed E-state index contributed by atoms with van der Waals surface area (Å²) in [5, 5.41) is 1.76. The van der Waals surface area contributed by atoms with Crippen molar-refractivity contribution in [2.45, 2.75) is 5.51 Å². The van der Waals surface area contributed by atoms with Crippen LogP contribution < -0.4 is 10.0 Å². The van der Waals surface area contributed by atoms with Gasteiger partial charge in [-0.3, -0.25) is 14.8 Å². The molecule has 0 spiro atoms. The van der Waals surface area contributed by atoms with Crippen LogP contribution in [0.25, 0.3) is 0 Å². The van der Waals surface area contributed by atoms with Crippen LogP contribution in [0, 0.1) is 0 Å². The Labute approximate surface area is 98.7 Å². The molecule has 92 valence electrons. The zero-order valence-electron chi connectivity index (χ0n) is 8.25. The minimum absolute atomic E-state index is 0.180. The first-order valence-electron chi connectivity index (χ1n) is 4.29. The Morgan fingerprint density at radius 3 is 2.24 bits per heavy atom. The lowest BCUT2D eigenvalue weighted by Gasteiger charge is -2.07. The van der Waals surface area contributed by atoms with Crippen molar-refractivity contribution in [3.8, 4) is 0 Å². The van der Waals surface area contributed by atoms with Crippen LogP contribution >= 0.6 is 11.9 Å². The first-order valence-corrected chi connectivity index (χ1v) is 5.11. The van der Waals surface area contributed by atoms with Gasteiger partial charge in [-0.2, -0.15) is 13.2 Å². The Hall–Kier alpha value is -1.70. The molecule has 0 unspecified atom stereocenters. The molecule has 1 aromatic carbocycles. The third kappa shape index (κ3) is 5.25. The lowest BCUT2D eigenvalue weighted by atomic mass is 10.2. The topological polar surface area (TPSA) is 58.2 Å². The first kappa shape index (κ1) is 13.4. The molecule has 0 aliphatic heterocycles. The van der Waals surface area contributed by atoms with Crippen molar-refractivity contribution >= 4 is 23.9 Å². The van der Waals surface area contributed by atoms with Gasteiger partial charge in [-0.25, -0.2) is 4.79 Å². The van der Waals surface area contributed by atoms with Gasteiger partial charge in [0.05, 0.1) is 11.9 Å². The van der Waals surface area contributed by atoms with Crippen molar-refractivity contribution in [2.24, 2.45) is 0 Å². The third-order valence-corrected chi connectivity index (χ3v) is 2.04. The van der Waals surface area contributed by atoms with Crippen LogP contribution in [0.2, 0.25) is 0 Å². The van der Waals surface area contributed by atoms with Gasteiger partial charge in [0.1, 0.15) is 0 Å². The molecule has 17 heavy (non-hydrogen) atoms. The largest absolute Gasteiger partial charge is 0.461 e. The first-order chi connectivity index (χ1) is 7.88. The zero-order chi connectivity index (χ0) is 12.9. The number of urea groups is 1. The van der Waals surface area contributed by atoms with E-state index in [1.165, 1.54) is 16.9 Å².